The summed E-state index contributed by atoms with van der Waals surface area (Å²) < 4.78 is 18.2. The number of nitrogens with zero attached hydrogens (tertiary/aromatic N) is 2. The lowest BCUT2D eigenvalue weighted by Crippen LogP contribution is -2.52. The number of unbranched alkanes of at least 4 members (excludes halogenated alkanes) is 1. The van der Waals surface area contributed by atoms with Crippen LogP contribution in [0.1, 0.15) is 98.6 Å². The summed E-state index contributed by atoms with van der Waals surface area (Å²) in [7, 11) is 1.75. The molecule has 2 heterocycles. The third-order valence-electron chi connectivity index (χ3n) is 8.47. The molecule has 1 aromatic carbocycles. The Morgan fingerprint density at radius 1 is 1.03 bits per heavy atom. The summed E-state index contributed by atoms with van der Waals surface area (Å²) in [6, 6.07) is 8.69. The molecule has 1 fully saturated rings. The normalized spacial score (nSPS) is 20.8. The van der Waals surface area contributed by atoms with Gasteiger partial charge in [0, 0.05) is 32.2 Å². The van der Waals surface area contributed by atoms with Gasteiger partial charge in [0.25, 0.3) is 0 Å². The van der Waals surface area contributed by atoms with Crippen LogP contribution in [0.4, 0.5) is 4.79 Å². The van der Waals surface area contributed by atoms with E-state index in [1.165, 1.54) is 11.1 Å². The van der Waals surface area contributed by atoms with Crippen molar-refractivity contribution in [1.82, 2.24) is 9.80 Å². The number of benzene rings is 1. The van der Waals surface area contributed by atoms with Crippen molar-refractivity contribution >= 4 is 13.2 Å². The predicted molar refractivity (Wildman–Crippen MR) is 147 cm³/mol. The van der Waals surface area contributed by atoms with Gasteiger partial charge in [-0.15, -0.1) is 0 Å². The van der Waals surface area contributed by atoms with Gasteiger partial charge in [-0.2, -0.15) is 0 Å². The van der Waals surface area contributed by atoms with Crippen LogP contribution in [0, 0.1) is 0 Å². The average molecular weight is 501 g/mol. The first-order chi connectivity index (χ1) is 16.7. The predicted octanol–water partition coefficient (Wildman–Crippen LogP) is 6.67. The third kappa shape index (κ3) is 6.84. The summed E-state index contributed by atoms with van der Waals surface area (Å²) in [4.78, 5) is 17.6. The van der Waals surface area contributed by atoms with Crippen LogP contribution >= 0.6 is 0 Å². The number of fused-ring (bicyclic) bond motifs is 1. The standard InChI is InChI=1S/C29H49BN2O4/c1-10-29(31(9)25(33)34-26(2,3)4,18-20-32-21-23-15-11-12-16-24(23)22-32)17-13-14-19-30-35-27(5,6)28(7,8)36-30/h11-12,15-16H,10,13-14,17-22H2,1-9H3. The molecule has 2 aliphatic rings. The highest BCUT2D eigenvalue weighted by molar-refractivity contribution is 6.45. The minimum Gasteiger partial charge on any atom is -0.444 e. The number of amides is 1. The minimum absolute atomic E-state index is 0.169. The highest BCUT2D eigenvalue weighted by Crippen LogP contribution is 2.39. The molecule has 202 valence electrons. The van der Waals surface area contributed by atoms with Gasteiger partial charge in [0.1, 0.15) is 5.60 Å². The minimum atomic E-state index is -0.516. The molecular formula is C29H49BN2O4. The van der Waals surface area contributed by atoms with E-state index in [-0.39, 0.29) is 30.0 Å². The second kappa shape index (κ2) is 11.0. The summed E-state index contributed by atoms with van der Waals surface area (Å²) in [6.45, 7) is 19.3. The molecule has 0 bridgehead atoms. The lowest BCUT2D eigenvalue weighted by atomic mass is 9.79. The van der Waals surface area contributed by atoms with Gasteiger partial charge in [0.2, 0.25) is 0 Å². The van der Waals surface area contributed by atoms with Crippen molar-refractivity contribution in [2.75, 3.05) is 13.6 Å². The number of carbonyl (C=O) groups is 1. The van der Waals surface area contributed by atoms with Crippen molar-refractivity contribution in [2.24, 2.45) is 0 Å². The molecule has 0 N–H and O–H groups in total. The fourth-order valence-corrected chi connectivity index (χ4v) is 5.35. The summed E-state index contributed by atoms with van der Waals surface area (Å²) in [5.74, 6) is 0. The van der Waals surface area contributed by atoms with E-state index in [4.69, 9.17) is 14.0 Å². The Labute approximate surface area is 220 Å². The second-order valence-electron chi connectivity index (χ2n) is 12.8. The summed E-state index contributed by atoms with van der Waals surface area (Å²) in [6.07, 6.45) is 5.37. The highest BCUT2D eigenvalue weighted by atomic mass is 16.7. The maximum Gasteiger partial charge on any atom is 0.457 e. The Morgan fingerprint density at radius 3 is 2.08 bits per heavy atom. The number of rotatable bonds is 10. The molecule has 0 aromatic heterocycles. The van der Waals surface area contributed by atoms with Crippen LogP contribution in [0.2, 0.25) is 6.32 Å². The molecule has 1 saturated heterocycles. The van der Waals surface area contributed by atoms with Gasteiger partial charge in [0.05, 0.1) is 11.2 Å². The number of hydrogen-bond acceptors (Lipinski definition) is 5. The number of ether oxygens (including phenoxy) is 1. The number of hydrogen-bond donors (Lipinski definition) is 0. The summed E-state index contributed by atoms with van der Waals surface area (Å²) in [5, 5.41) is 0. The van der Waals surface area contributed by atoms with Crippen LogP contribution in [-0.4, -0.2) is 58.9 Å². The Hall–Kier alpha value is -1.57. The quantitative estimate of drug-likeness (QED) is 0.265. The van der Waals surface area contributed by atoms with Gasteiger partial charge in [-0.3, -0.25) is 4.90 Å². The van der Waals surface area contributed by atoms with E-state index < -0.39 is 5.60 Å². The topological polar surface area (TPSA) is 51.2 Å². The van der Waals surface area contributed by atoms with Gasteiger partial charge in [-0.05, 0) is 85.2 Å². The molecule has 1 unspecified atom stereocenters. The van der Waals surface area contributed by atoms with Crippen LogP contribution in [0.25, 0.3) is 0 Å². The molecular weight excluding hydrogens is 451 g/mol. The fourth-order valence-electron chi connectivity index (χ4n) is 5.35. The molecule has 6 nitrogen and oxygen atoms in total. The van der Waals surface area contributed by atoms with Crippen molar-refractivity contribution in [3.63, 3.8) is 0 Å². The van der Waals surface area contributed by atoms with Crippen LogP contribution < -0.4 is 0 Å². The van der Waals surface area contributed by atoms with Crippen molar-refractivity contribution in [3.8, 4) is 0 Å². The largest absolute Gasteiger partial charge is 0.457 e. The van der Waals surface area contributed by atoms with E-state index in [1.54, 1.807) is 0 Å². The van der Waals surface area contributed by atoms with E-state index in [0.29, 0.717) is 0 Å². The molecule has 3 rings (SSSR count). The first kappa shape index (κ1) is 29.0. The van der Waals surface area contributed by atoms with Crippen LogP contribution in [0.5, 0.6) is 0 Å². The zero-order chi connectivity index (χ0) is 26.8. The van der Waals surface area contributed by atoms with Gasteiger partial charge in [-0.1, -0.05) is 44.0 Å². The van der Waals surface area contributed by atoms with Crippen molar-refractivity contribution in [3.05, 3.63) is 35.4 Å². The maximum atomic E-state index is 13.2. The van der Waals surface area contributed by atoms with Gasteiger partial charge in [-0.25, -0.2) is 4.79 Å². The Balaban J connectivity index is 1.63. The molecule has 0 spiro atoms. The third-order valence-corrected chi connectivity index (χ3v) is 8.47. The molecule has 7 heteroatoms. The zero-order valence-corrected chi connectivity index (χ0v) is 24.3. The van der Waals surface area contributed by atoms with E-state index >= 15 is 0 Å². The molecule has 1 atom stereocenters. The van der Waals surface area contributed by atoms with E-state index in [0.717, 1.165) is 58.1 Å². The molecule has 1 aromatic rings. The SMILES string of the molecule is CCC(CCCCB1OC(C)(C)C(C)(C)O1)(CCN1Cc2ccccc2C1)N(C)C(=O)OC(C)(C)C. The Morgan fingerprint density at radius 2 is 1.58 bits per heavy atom. The average Bonchev–Trinajstić information content (AvgIpc) is 3.28. The Kier molecular flexibility index (Phi) is 8.90. The molecule has 0 aliphatic carbocycles. The van der Waals surface area contributed by atoms with Gasteiger partial charge < -0.3 is 18.9 Å². The van der Waals surface area contributed by atoms with Crippen LogP contribution in [-0.2, 0) is 27.1 Å². The van der Waals surface area contributed by atoms with E-state index in [9.17, 15) is 4.79 Å². The Bertz CT molecular complexity index is 857. The van der Waals surface area contributed by atoms with Crippen LogP contribution in [0.3, 0.4) is 0 Å². The van der Waals surface area contributed by atoms with Crippen molar-refractivity contribution < 1.29 is 18.8 Å². The lowest BCUT2D eigenvalue weighted by Gasteiger charge is -2.43. The lowest BCUT2D eigenvalue weighted by molar-refractivity contribution is -0.00317. The van der Waals surface area contributed by atoms with Crippen LogP contribution in [0.15, 0.2) is 24.3 Å². The highest BCUT2D eigenvalue weighted by Gasteiger charge is 2.50. The summed E-state index contributed by atoms with van der Waals surface area (Å²) >= 11 is 0. The smallest absolute Gasteiger partial charge is 0.444 e. The molecule has 2 aliphatic heterocycles. The molecule has 0 saturated carbocycles. The molecule has 1 amide bonds. The van der Waals surface area contributed by atoms with Crippen molar-refractivity contribution in [2.45, 2.75) is 129 Å². The molecule has 0 radical (unpaired) electrons. The summed E-state index contributed by atoms with van der Waals surface area (Å²) in [5.41, 5.74) is 1.47. The fraction of sp³-hybridized carbons (Fsp3) is 0.759. The van der Waals surface area contributed by atoms with E-state index in [1.807, 2.05) is 32.7 Å². The van der Waals surface area contributed by atoms with Gasteiger partial charge in [0.15, 0.2) is 0 Å². The molecule has 36 heavy (non-hydrogen) atoms. The second-order valence-corrected chi connectivity index (χ2v) is 12.8. The first-order valence-corrected chi connectivity index (χ1v) is 13.8. The van der Waals surface area contributed by atoms with E-state index in [2.05, 4.69) is 63.8 Å². The van der Waals surface area contributed by atoms with Crippen molar-refractivity contribution in [1.29, 1.82) is 0 Å². The van der Waals surface area contributed by atoms with Gasteiger partial charge >= 0.3 is 13.2 Å². The maximum absolute atomic E-state index is 13.2. The number of carbonyl (C=O) groups excluding carboxylic acids is 1. The first-order valence-electron chi connectivity index (χ1n) is 13.8. The zero-order valence-electron chi connectivity index (χ0n) is 24.3. The monoisotopic (exact) mass is 500 g/mol.